The van der Waals surface area contributed by atoms with Gasteiger partial charge in [-0.05, 0) is 38.0 Å². The number of likely N-dealkylation sites (tertiary alicyclic amines) is 1. The molecule has 2 rings (SSSR count). The van der Waals surface area contributed by atoms with Crippen LogP contribution in [0.5, 0.6) is 0 Å². The van der Waals surface area contributed by atoms with Gasteiger partial charge in [-0.1, -0.05) is 0 Å². The van der Waals surface area contributed by atoms with Gasteiger partial charge in [0.1, 0.15) is 0 Å². The van der Waals surface area contributed by atoms with Crippen LogP contribution in [0.15, 0.2) is 18.2 Å². The third-order valence-electron chi connectivity index (χ3n) is 4.66. The molecule has 11 heteroatoms. The van der Waals surface area contributed by atoms with Crippen LogP contribution in [0.4, 0.5) is 10.5 Å². The molecule has 0 unspecified atom stereocenters. The third-order valence-corrected chi connectivity index (χ3v) is 4.66. The van der Waals surface area contributed by atoms with Crippen molar-refractivity contribution < 1.29 is 38.2 Å². The van der Waals surface area contributed by atoms with E-state index in [2.05, 4.69) is 20.1 Å². The van der Waals surface area contributed by atoms with Gasteiger partial charge >= 0.3 is 29.8 Å². The second-order valence-corrected chi connectivity index (χ2v) is 6.63. The van der Waals surface area contributed by atoms with Gasteiger partial charge in [0.15, 0.2) is 0 Å². The fourth-order valence-corrected chi connectivity index (χ4v) is 3.03. The molecule has 1 aromatic carbocycles. The van der Waals surface area contributed by atoms with E-state index in [0.29, 0.717) is 25.9 Å². The van der Waals surface area contributed by atoms with Gasteiger partial charge in [-0.3, -0.25) is 9.59 Å². The zero-order valence-corrected chi connectivity index (χ0v) is 17.6. The number of carbonyl (C=O) groups excluding carboxylic acids is 5. The molecule has 31 heavy (non-hydrogen) atoms. The molecule has 2 N–H and O–H groups in total. The van der Waals surface area contributed by atoms with E-state index in [1.807, 2.05) is 0 Å². The summed E-state index contributed by atoms with van der Waals surface area (Å²) in [6.45, 7) is 2.77. The summed E-state index contributed by atoms with van der Waals surface area (Å²) in [5, 5.41) is 4.94. The number of benzene rings is 1. The van der Waals surface area contributed by atoms with Crippen molar-refractivity contribution in [1.82, 2.24) is 10.2 Å². The molecule has 168 valence electrons. The summed E-state index contributed by atoms with van der Waals surface area (Å²) in [5.74, 6) is -3.35. The summed E-state index contributed by atoms with van der Waals surface area (Å²) in [6.07, 6.45) is 0.512. The highest BCUT2D eigenvalue weighted by molar-refractivity contribution is 6.40. The smallest absolute Gasteiger partial charge is 0.409 e. The minimum atomic E-state index is -1.01. The van der Waals surface area contributed by atoms with Crippen LogP contribution in [0, 0.1) is 0 Å². The highest BCUT2D eigenvalue weighted by Gasteiger charge is 2.27. The number of esters is 2. The second-order valence-electron chi connectivity index (χ2n) is 6.63. The number of nitrogens with one attached hydrogen (secondary N) is 2. The van der Waals surface area contributed by atoms with Crippen molar-refractivity contribution in [3.05, 3.63) is 29.3 Å². The maximum absolute atomic E-state index is 12.4. The Morgan fingerprint density at radius 2 is 1.65 bits per heavy atom. The first-order valence-corrected chi connectivity index (χ1v) is 9.64. The molecule has 0 saturated carbocycles. The van der Waals surface area contributed by atoms with E-state index in [9.17, 15) is 24.0 Å². The summed E-state index contributed by atoms with van der Waals surface area (Å²) in [7, 11) is 2.35. The first kappa shape index (κ1) is 23.6. The first-order valence-electron chi connectivity index (χ1n) is 9.64. The Labute approximate surface area is 179 Å². The van der Waals surface area contributed by atoms with Gasteiger partial charge < -0.3 is 29.7 Å². The van der Waals surface area contributed by atoms with Gasteiger partial charge in [-0.2, -0.15) is 0 Å². The van der Waals surface area contributed by atoms with Crippen LogP contribution in [0.2, 0.25) is 0 Å². The molecule has 1 aliphatic rings. The summed E-state index contributed by atoms with van der Waals surface area (Å²) >= 11 is 0. The molecule has 0 radical (unpaired) electrons. The molecule has 1 aliphatic heterocycles. The monoisotopic (exact) mass is 435 g/mol. The molecule has 0 bridgehead atoms. The minimum absolute atomic E-state index is 0.0287. The largest absolute Gasteiger partial charge is 0.465 e. The van der Waals surface area contributed by atoms with E-state index in [1.54, 1.807) is 6.92 Å². The fraction of sp³-hybridized carbons (Fsp3) is 0.450. The van der Waals surface area contributed by atoms with Gasteiger partial charge in [0.2, 0.25) is 0 Å². The number of ether oxygens (including phenoxy) is 3. The lowest BCUT2D eigenvalue weighted by Crippen LogP contribution is -2.49. The third kappa shape index (κ3) is 6.17. The number of amides is 3. The van der Waals surface area contributed by atoms with Crippen LogP contribution in [0.3, 0.4) is 0 Å². The minimum Gasteiger partial charge on any atom is -0.465 e. The lowest BCUT2D eigenvalue weighted by Gasteiger charge is -2.31. The van der Waals surface area contributed by atoms with E-state index in [4.69, 9.17) is 4.74 Å². The molecular formula is C20H25N3O8. The standard InChI is InChI=1S/C20H25N3O8/c1-4-31-20(28)23-9-7-13(8-10-23)21-16(24)17(25)22-15-11-12(18(26)29-2)5-6-14(15)19(27)30-3/h5-6,11,13H,4,7-10H2,1-3H3,(H,21,24)(H,22,25). The number of hydrogen-bond acceptors (Lipinski definition) is 8. The van der Waals surface area contributed by atoms with Crippen LogP contribution >= 0.6 is 0 Å². The summed E-state index contributed by atoms with van der Waals surface area (Å²) in [5.41, 5.74) is -0.0109. The Bertz CT molecular complexity index is 862. The molecule has 0 spiro atoms. The van der Waals surface area contributed by atoms with Gasteiger partial charge in [0.25, 0.3) is 0 Å². The Morgan fingerprint density at radius 1 is 1.00 bits per heavy atom. The van der Waals surface area contributed by atoms with Gasteiger partial charge in [0.05, 0.1) is 37.6 Å². The molecule has 11 nitrogen and oxygen atoms in total. The van der Waals surface area contributed by atoms with Crippen molar-refractivity contribution in [3.63, 3.8) is 0 Å². The lowest BCUT2D eigenvalue weighted by molar-refractivity contribution is -0.136. The van der Waals surface area contributed by atoms with Gasteiger partial charge in [0, 0.05) is 19.1 Å². The number of carbonyl (C=O) groups is 5. The van der Waals surface area contributed by atoms with Crippen LogP contribution in [-0.2, 0) is 23.8 Å². The number of rotatable bonds is 5. The highest BCUT2D eigenvalue weighted by atomic mass is 16.6. The van der Waals surface area contributed by atoms with Crippen LogP contribution in [-0.4, -0.2) is 74.7 Å². The topological polar surface area (TPSA) is 140 Å². The number of hydrogen-bond donors (Lipinski definition) is 2. The average molecular weight is 435 g/mol. The maximum atomic E-state index is 12.4. The number of methoxy groups -OCH3 is 2. The number of anilines is 1. The normalized spacial score (nSPS) is 13.7. The molecule has 1 saturated heterocycles. The second kappa shape index (κ2) is 11.0. The molecule has 1 fully saturated rings. The fourth-order valence-electron chi connectivity index (χ4n) is 3.03. The van der Waals surface area contributed by atoms with E-state index >= 15 is 0 Å². The summed E-state index contributed by atoms with van der Waals surface area (Å²) < 4.78 is 14.2. The van der Waals surface area contributed by atoms with E-state index in [0.717, 1.165) is 7.11 Å². The Morgan fingerprint density at radius 3 is 2.23 bits per heavy atom. The van der Waals surface area contributed by atoms with E-state index in [1.165, 1.54) is 30.2 Å². The van der Waals surface area contributed by atoms with Crippen molar-refractivity contribution in [3.8, 4) is 0 Å². The van der Waals surface area contributed by atoms with Crippen molar-refractivity contribution >= 4 is 35.5 Å². The van der Waals surface area contributed by atoms with Crippen LogP contribution in [0.25, 0.3) is 0 Å². The SMILES string of the molecule is CCOC(=O)N1CCC(NC(=O)C(=O)Nc2cc(C(=O)OC)ccc2C(=O)OC)CC1. The van der Waals surface area contributed by atoms with E-state index < -0.39 is 29.8 Å². The molecule has 0 aliphatic carbocycles. The Kier molecular flexibility index (Phi) is 8.35. The molecule has 0 atom stereocenters. The molecule has 3 amide bonds. The van der Waals surface area contributed by atoms with Gasteiger partial charge in [-0.15, -0.1) is 0 Å². The van der Waals surface area contributed by atoms with Gasteiger partial charge in [-0.25, -0.2) is 14.4 Å². The lowest BCUT2D eigenvalue weighted by atomic mass is 10.1. The van der Waals surface area contributed by atoms with Crippen molar-refractivity contribution in [2.75, 3.05) is 39.2 Å². The highest BCUT2D eigenvalue weighted by Crippen LogP contribution is 2.20. The van der Waals surface area contributed by atoms with Crippen molar-refractivity contribution in [2.24, 2.45) is 0 Å². The molecule has 1 heterocycles. The summed E-state index contributed by atoms with van der Waals surface area (Å²) in [6, 6.07) is 3.55. The number of nitrogens with zero attached hydrogens (tertiary/aromatic N) is 1. The predicted molar refractivity (Wildman–Crippen MR) is 108 cm³/mol. The zero-order chi connectivity index (χ0) is 23.0. The Hall–Kier alpha value is -3.63. The van der Waals surface area contributed by atoms with Crippen molar-refractivity contribution in [2.45, 2.75) is 25.8 Å². The first-order chi connectivity index (χ1) is 14.8. The predicted octanol–water partition coefficient (Wildman–Crippen LogP) is 0.935. The quantitative estimate of drug-likeness (QED) is 0.395. The summed E-state index contributed by atoms with van der Waals surface area (Å²) in [4.78, 5) is 61.7. The van der Waals surface area contributed by atoms with E-state index in [-0.39, 0.29) is 29.5 Å². The zero-order valence-electron chi connectivity index (χ0n) is 17.6. The molecular weight excluding hydrogens is 410 g/mol. The molecule has 0 aromatic heterocycles. The van der Waals surface area contributed by atoms with Crippen LogP contribution in [0.1, 0.15) is 40.5 Å². The maximum Gasteiger partial charge on any atom is 0.409 e. The average Bonchev–Trinajstić information content (AvgIpc) is 2.78. The Balaban J connectivity index is 2.02. The molecule has 1 aromatic rings. The number of piperidine rings is 1. The van der Waals surface area contributed by atoms with Crippen LogP contribution < -0.4 is 10.6 Å². The van der Waals surface area contributed by atoms with Crippen molar-refractivity contribution in [1.29, 1.82) is 0 Å².